The summed E-state index contributed by atoms with van der Waals surface area (Å²) in [6, 6.07) is 5.93. The number of hydrogen-bond acceptors (Lipinski definition) is 8. The van der Waals surface area contributed by atoms with E-state index >= 15 is 0 Å². The molecular weight excluding hydrogens is 358 g/mol. The Hall–Kier alpha value is -3.34. The second-order valence-corrected chi connectivity index (χ2v) is 6.68. The van der Waals surface area contributed by atoms with Crippen molar-refractivity contribution in [2.45, 2.75) is 4.90 Å². The predicted octanol–water partition coefficient (Wildman–Crippen LogP) is 0.509. The zero-order valence-corrected chi connectivity index (χ0v) is 15.0. The Morgan fingerprint density at radius 1 is 1.31 bits per heavy atom. The lowest BCUT2D eigenvalue weighted by atomic mass is 10.1. The molecule has 1 heterocycles. The van der Waals surface area contributed by atoms with Gasteiger partial charge >= 0.3 is 0 Å². The third-order valence-corrected chi connectivity index (χ3v) is 4.84. The van der Waals surface area contributed by atoms with Crippen LogP contribution < -0.4 is 26.4 Å². The summed E-state index contributed by atoms with van der Waals surface area (Å²) in [7, 11) is -0.938. The smallest absolute Gasteiger partial charge is 0.263 e. The van der Waals surface area contributed by atoms with E-state index in [0.29, 0.717) is 17.0 Å². The molecule has 7 N–H and O–H groups in total. The van der Waals surface area contributed by atoms with Crippen LogP contribution in [0.2, 0.25) is 0 Å². The molecule has 0 aliphatic rings. The van der Waals surface area contributed by atoms with E-state index in [2.05, 4.69) is 20.1 Å². The van der Waals surface area contributed by atoms with Gasteiger partial charge in [-0.3, -0.25) is 9.71 Å². The molecule has 0 saturated carbocycles. The van der Waals surface area contributed by atoms with Crippen molar-refractivity contribution in [2.24, 2.45) is 16.7 Å². The molecule has 0 radical (unpaired) electrons. The number of pyridine rings is 1. The average Bonchev–Trinajstić information content (AvgIpc) is 2.66. The number of hydrazone groups is 1. The van der Waals surface area contributed by atoms with Crippen LogP contribution in [0.15, 0.2) is 40.5 Å². The molecule has 0 amide bonds. The van der Waals surface area contributed by atoms with Crippen molar-refractivity contribution in [3.05, 3.63) is 41.7 Å². The minimum atomic E-state index is -3.97. The Morgan fingerprint density at radius 3 is 2.54 bits per heavy atom. The number of amidine groups is 1. The van der Waals surface area contributed by atoms with Crippen molar-refractivity contribution in [2.75, 3.05) is 24.2 Å². The quantitative estimate of drug-likeness (QED) is 0.203. The lowest BCUT2D eigenvalue weighted by Crippen LogP contribution is -2.19. The van der Waals surface area contributed by atoms with Crippen molar-refractivity contribution in [1.82, 2.24) is 4.98 Å². The number of anilines is 2. The number of sulfonamides is 1. The van der Waals surface area contributed by atoms with E-state index in [4.69, 9.17) is 21.7 Å². The largest absolute Gasteiger partial charge is 0.494 e. The fraction of sp³-hybridized carbons (Fsp3) is 0.133. The fourth-order valence-corrected chi connectivity index (χ4v) is 3.24. The van der Waals surface area contributed by atoms with E-state index in [1.165, 1.54) is 19.2 Å². The summed E-state index contributed by atoms with van der Waals surface area (Å²) in [5, 5.41) is 13.6. The van der Waals surface area contributed by atoms with Crippen molar-refractivity contribution in [3.8, 4) is 5.75 Å². The Morgan fingerprint density at radius 2 is 2.04 bits per heavy atom. The predicted molar refractivity (Wildman–Crippen MR) is 100 cm³/mol. The first-order valence-electron chi connectivity index (χ1n) is 7.29. The van der Waals surface area contributed by atoms with Crippen LogP contribution in [-0.2, 0) is 10.0 Å². The van der Waals surface area contributed by atoms with E-state index < -0.39 is 10.0 Å². The van der Waals surface area contributed by atoms with Crippen LogP contribution in [0.4, 0.5) is 11.4 Å². The minimum absolute atomic E-state index is 0.0141. The van der Waals surface area contributed by atoms with Gasteiger partial charge in [-0.2, -0.15) is 5.10 Å². The molecule has 2 rings (SSSR count). The number of methoxy groups -OCH3 is 1. The van der Waals surface area contributed by atoms with Gasteiger partial charge in [-0.15, -0.1) is 0 Å². The monoisotopic (exact) mass is 377 g/mol. The summed E-state index contributed by atoms with van der Waals surface area (Å²) in [4.78, 5) is 3.85. The van der Waals surface area contributed by atoms with E-state index in [0.717, 1.165) is 12.4 Å². The Kier molecular flexibility index (Phi) is 5.62. The SMILES string of the molecule is CNc1c(C=N)ccc(OC)c1NS(=O)(=O)c1ccc(/C(N)=N/N)nc1. The van der Waals surface area contributed by atoms with Crippen LogP contribution in [0, 0.1) is 5.41 Å². The third kappa shape index (κ3) is 3.67. The standard InChI is InChI=1S/C15H19N7O3S/c1-19-13-9(7-16)3-6-12(25-2)14(13)22-26(23,24)10-4-5-11(20-8-10)15(17)21-18/h3-8,16,19,22H,18H2,1-2H3,(H2,17,21). The number of nitrogens with two attached hydrogens (primary N) is 2. The van der Waals surface area contributed by atoms with Gasteiger partial charge in [0.25, 0.3) is 10.0 Å². The van der Waals surface area contributed by atoms with E-state index in [-0.39, 0.29) is 22.1 Å². The number of nitrogens with one attached hydrogen (secondary N) is 3. The molecule has 2 aromatic rings. The van der Waals surface area contributed by atoms with E-state index in [9.17, 15) is 8.42 Å². The summed E-state index contributed by atoms with van der Waals surface area (Å²) in [6.45, 7) is 0. The molecule has 1 aromatic heterocycles. The molecule has 1 aromatic carbocycles. The van der Waals surface area contributed by atoms with Crippen LogP contribution in [-0.4, -0.2) is 39.6 Å². The lowest BCUT2D eigenvalue weighted by Gasteiger charge is -2.17. The molecule has 138 valence electrons. The van der Waals surface area contributed by atoms with Crippen LogP contribution in [0.1, 0.15) is 11.3 Å². The van der Waals surface area contributed by atoms with Crippen LogP contribution in [0.5, 0.6) is 5.75 Å². The molecule has 0 atom stereocenters. The summed E-state index contributed by atoms with van der Waals surface area (Å²) in [5.41, 5.74) is 6.88. The third-order valence-electron chi connectivity index (χ3n) is 3.51. The number of benzene rings is 1. The number of nitrogens with zero attached hydrogens (tertiary/aromatic N) is 2. The number of hydrogen-bond donors (Lipinski definition) is 5. The molecule has 11 heteroatoms. The maximum Gasteiger partial charge on any atom is 0.263 e. The van der Waals surface area contributed by atoms with Crippen molar-refractivity contribution < 1.29 is 13.2 Å². The Bertz CT molecular complexity index is 940. The molecule has 0 bridgehead atoms. The van der Waals surface area contributed by atoms with Gasteiger partial charge in [-0.25, -0.2) is 8.42 Å². The molecule has 0 aliphatic heterocycles. The van der Waals surface area contributed by atoms with Crippen LogP contribution >= 0.6 is 0 Å². The van der Waals surface area contributed by atoms with E-state index in [1.807, 2.05) is 0 Å². The number of rotatable bonds is 7. The highest BCUT2D eigenvalue weighted by Gasteiger charge is 2.21. The van der Waals surface area contributed by atoms with Crippen molar-refractivity contribution in [1.29, 1.82) is 5.41 Å². The molecule has 0 fully saturated rings. The fourth-order valence-electron chi connectivity index (χ4n) is 2.21. The number of ether oxygens (including phenoxy) is 1. The first kappa shape index (κ1) is 19.0. The van der Waals surface area contributed by atoms with Gasteiger partial charge in [0.05, 0.1) is 12.8 Å². The first-order chi connectivity index (χ1) is 12.4. The highest BCUT2D eigenvalue weighted by Crippen LogP contribution is 2.36. The zero-order chi connectivity index (χ0) is 19.3. The van der Waals surface area contributed by atoms with Crippen LogP contribution in [0.3, 0.4) is 0 Å². The molecule has 0 spiro atoms. The van der Waals surface area contributed by atoms with Gasteiger partial charge < -0.3 is 27.0 Å². The summed E-state index contributed by atoms with van der Waals surface area (Å²) in [5.74, 6) is 5.36. The van der Waals surface area contributed by atoms with Gasteiger partial charge in [0.1, 0.15) is 22.0 Å². The highest BCUT2D eigenvalue weighted by atomic mass is 32.2. The highest BCUT2D eigenvalue weighted by molar-refractivity contribution is 7.92. The van der Waals surface area contributed by atoms with Gasteiger partial charge in [-0.05, 0) is 24.3 Å². The molecule has 10 nitrogen and oxygen atoms in total. The minimum Gasteiger partial charge on any atom is -0.494 e. The topological polar surface area (TPSA) is 169 Å². The second-order valence-electron chi connectivity index (χ2n) is 5.00. The number of aromatic nitrogens is 1. The lowest BCUT2D eigenvalue weighted by molar-refractivity contribution is 0.417. The summed E-state index contributed by atoms with van der Waals surface area (Å²) >= 11 is 0. The van der Waals surface area contributed by atoms with Gasteiger partial charge in [0.15, 0.2) is 5.84 Å². The molecule has 0 aliphatic carbocycles. The zero-order valence-electron chi connectivity index (χ0n) is 14.1. The average molecular weight is 377 g/mol. The van der Waals surface area contributed by atoms with Crippen molar-refractivity contribution in [3.63, 3.8) is 0 Å². The Balaban J connectivity index is 2.48. The molecular formula is C15H19N7O3S. The normalized spacial score (nSPS) is 11.7. The van der Waals surface area contributed by atoms with Gasteiger partial charge in [-0.1, -0.05) is 0 Å². The molecule has 0 unspecified atom stereocenters. The molecule has 26 heavy (non-hydrogen) atoms. The molecule has 0 saturated heterocycles. The van der Waals surface area contributed by atoms with Gasteiger partial charge in [0, 0.05) is 25.0 Å². The first-order valence-corrected chi connectivity index (χ1v) is 8.78. The summed E-state index contributed by atoms with van der Waals surface area (Å²) in [6.07, 6.45) is 2.25. The maximum atomic E-state index is 12.7. The van der Waals surface area contributed by atoms with Crippen molar-refractivity contribution >= 4 is 33.4 Å². The second kappa shape index (κ2) is 7.70. The summed E-state index contributed by atoms with van der Waals surface area (Å²) < 4.78 is 33.1. The van der Waals surface area contributed by atoms with E-state index in [1.54, 1.807) is 19.2 Å². The maximum absolute atomic E-state index is 12.7. The Labute approximate surface area is 150 Å². The van der Waals surface area contributed by atoms with Crippen LogP contribution in [0.25, 0.3) is 0 Å². The van der Waals surface area contributed by atoms with Gasteiger partial charge in [0.2, 0.25) is 0 Å².